The number of nitrogens with one attached hydrogen (secondary N) is 1. The summed E-state index contributed by atoms with van der Waals surface area (Å²) in [6.07, 6.45) is 3.46. The molecule has 1 N–H and O–H groups in total. The van der Waals surface area contributed by atoms with Crippen molar-refractivity contribution in [3.05, 3.63) is 46.4 Å². The van der Waals surface area contributed by atoms with Crippen LogP contribution in [-0.4, -0.2) is 42.3 Å². The average Bonchev–Trinajstić information content (AvgIpc) is 2.90. The molecule has 8 heteroatoms. The Morgan fingerprint density at radius 2 is 1.83 bits per heavy atom. The number of benzene rings is 1. The van der Waals surface area contributed by atoms with Gasteiger partial charge in [-0.25, -0.2) is 4.68 Å². The zero-order chi connectivity index (χ0) is 21.1. The Kier molecular flexibility index (Phi) is 6.85. The number of anilines is 1. The number of piperidine rings is 1. The largest absolute Gasteiger partial charge is 0.352 e. The van der Waals surface area contributed by atoms with E-state index < -0.39 is 0 Å². The van der Waals surface area contributed by atoms with Crippen LogP contribution >= 0.6 is 24.0 Å². The second-order valence-electron chi connectivity index (χ2n) is 7.58. The summed E-state index contributed by atoms with van der Waals surface area (Å²) in [6, 6.07) is 10.2. The van der Waals surface area contributed by atoms with E-state index >= 15 is 0 Å². The molecule has 2 atom stereocenters. The third kappa shape index (κ3) is 4.59. The maximum atomic E-state index is 12.9. The molecule has 6 nitrogen and oxygen atoms in total. The number of thioether (sulfide) groups is 1. The number of carbonyl (C=O) groups is 1. The molecule has 0 spiro atoms. The summed E-state index contributed by atoms with van der Waals surface area (Å²) in [4.78, 5) is 27.7. The summed E-state index contributed by atoms with van der Waals surface area (Å²) in [5, 5.41) is 2.80. The molecular formula is C21H28N4O2S2. The summed E-state index contributed by atoms with van der Waals surface area (Å²) < 4.78 is 4.06. The van der Waals surface area contributed by atoms with E-state index in [1.165, 1.54) is 18.2 Å². The van der Waals surface area contributed by atoms with E-state index in [9.17, 15) is 9.59 Å². The third-order valence-corrected chi connectivity index (χ3v) is 6.98. The first-order chi connectivity index (χ1) is 13.8. The molecule has 156 valence electrons. The first-order valence-electron chi connectivity index (χ1n) is 9.90. The average molecular weight is 433 g/mol. The Hall–Kier alpha value is -2.06. The van der Waals surface area contributed by atoms with Gasteiger partial charge in [-0.3, -0.25) is 14.3 Å². The van der Waals surface area contributed by atoms with E-state index in [2.05, 4.69) is 24.1 Å². The number of likely N-dealkylation sites (tertiary alicyclic amines) is 1. The minimum absolute atomic E-state index is 0.188. The predicted octanol–water partition coefficient (Wildman–Crippen LogP) is 3.70. The quantitative estimate of drug-likeness (QED) is 0.747. The lowest BCUT2D eigenvalue weighted by Gasteiger charge is -2.40. The number of carbonyl (C=O) groups excluding carboxylic acids is 1. The molecular weight excluding hydrogens is 404 g/mol. The molecule has 0 saturated carbocycles. The summed E-state index contributed by atoms with van der Waals surface area (Å²) in [7, 11) is 1.81. The molecule has 2 heterocycles. The van der Waals surface area contributed by atoms with Gasteiger partial charge < -0.3 is 10.2 Å². The lowest BCUT2D eigenvalue weighted by Crippen LogP contribution is -2.46. The van der Waals surface area contributed by atoms with E-state index in [-0.39, 0.29) is 17.2 Å². The van der Waals surface area contributed by atoms with Gasteiger partial charge in [-0.2, -0.15) is 0 Å². The topological polar surface area (TPSA) is 59.3 Å². The van der Waals surface area contributed by atoms with Crippen molar-refractivity contribution in [3.63, 3.8) is 0 Å². The van der Waals surface area contributed by atoms with Crippen molar-refractivity contribution in [2.75, 3.05) is 11.1 Å². The van der Waals surface area contributed by atoms with Crippen LogP contribution in [0.3, 0.4) is 0 Å². The van der Waals surface area contributed by atoms with E-state index in [0.717, 1.165) is 22.8 Å². The van der Waals surface area contributed by atoms with Crippen molar-refractivity contribution >= 4 is 39.9 Å². The van der Waals surface area contributed by atoms with E-state index in [4.69, 9.17) is 12.2 Å². The highest BCUT2D eigenvalue weighted by Crippen LogP contribution is 2.26. The summed E-state index contributed by atoms with van der Waals surface area (Å²) in [5.74, 6) is -0.0332. The maximum Gasteiger partial charge on any atom is 0.295 e. The Morgan fingerprint density at radius 3 is 2.45 bits per heavy atom. The van der Waals surface area contributed by atoms with Crippen LogP contribution in [0.15, 0.2) is 35.1 Å². The molecule has 2 aromatic rings. The normalized spacial score (nSPS) is 19.2. The zero-order valence-electron chi connectivity index (χ0n) is 17.3. The van der Waals surface area contributed by atoms with Crippen LogP contribution in [0.1, 0.15) is 38.8 Å². The van der Waals surface area contributed by atoms with Crippen LogP contribution in [0, 0.1) is 6.92 Å². The predicted molar refractivity (Wildman–Crippen MR) is 124 cm³/mol. The molecule has 0 aliphatic carbocycles. The fourth-order valence-corrected chi connectivity index (χ4v) is 5.24. The standard InChI is InChI=1S/C21H28N4O2S2/c1-14-9-8-10-15(2)24(14)21(28)29-13-18(26)22-19-16(3)23(4)25(20(19)27)17-11-6-5-7-12-17/h5-7,11-12,14-15H,8-10,13H2,1-4H3,(H,22,26). The number of thiocarbonyl (C=S) groups is 1. The molecule has 1 amide bonds. The molecule has 0 radical (unpaired) electrons. The fraction of sp³-hybridized carbons (Fsp3) is 0.476. The van der Waals surface area contributed by atoms with Gasteiger partial charge in [0.05, 0.1) is 17.1 Å². The maximum absolute atomic E-state index is 12.9. The first kappa shape index (κ1) is 21.6. The van der Waals surface area contributed by atoms with E-state index in [1.54, 1.807) is 9.36 Å². The van der Waals surface area contributed by atoms with Crippen LogP contribution < -0.4 is 10.9 Å². The van der Waals surface area contributed by atoms with Crippen LogP contribution in [-0.2, 0) is 11.8 Å². The van der Waals surface area contributed by atoms with Crippen LogP contribution in [0.2, 0.25) is 0 Å². The molecule has 1 aliphatic rings. The lowest BCUT2D eigenvalue weighted by molar-refractivity contribution is -0.113. The van der Waals surface area contributed by atoms with Gasteiger partial charge in [-0.05, 0) is 52.2 Å². The van der Waals surface area contributed by atoms with Gasteiger partial charge in [0.2, 0.25) is 5.91 Å². The molecule has 0 bridgehead atoms. The second kappa shape index (κ2) is 9.17. The summed E-state index contributed by atoms with van der Waals surface area (Å²) in [6.45, 7) is 6.19. The number of rotatable bonds is 4. The number of hydrogen-bond acceptors (Lipinski definition) is 4. The molecule has 1 saturated heterocycles. The van der Waals surface area contributed by atoms with Gasteiger partial charge in [0, 0.05) is 19.1 Å². The number of amides is 1. The highest BCUT2D eigenvalue weighted by molar-refractivity contribution is 8.23. The molecule has 1 fully saturated rings. The van der Waals surface area contributed by atoms with Crippen molar-refractivity contribution < 1.29 is 4.79 Å². The minimum atomic E-state index is -0.240. The summed E-state index contributed by atoms with van der Waals surface area (Å²) in [5.41, 5.74) is 1.54. The zero-order valence-corrected chi connectivity index (χ0v) is 19.0. The van der Waals surface area contributed by atoms with Gasteiger partial charge in [0.15, 0.2) is 0 Å². The third-order valence-electron chi connectivity index (χ3n) is 5.55. The van der Waals surface area contributed by atoms with Crippen molar-refractivity contribution in [2.45, 2.75) is 52.1 Å². The smallest absolute Gasteiger partial charge is 0.295 e. The Bertz CT molecular complexity index is 942. The second-order valence-corrected chi connectivity index (χ2v) is 9.18. The minimum Gasteiger partial charge on any atom is -0.352 e. The van der Waals surface area contributed by atoms with E-state index in [0.29, 0.717) is 23.5 Å². The van der Waals surface area contributed by atoms with Crippen molar-refractivity contribution in [1.29, 1.82) is 0 Å². The highest BCUT2D eigenvalue weighted by Gasteiger charge is 2.27. The lowest BCUT2D eigenvalue weighted by atomic mass is 9.99. The van der Waals surface area contributed by atoms with Crippen LogP contribution in [0.4, 0.5) is 5.69 Å². The monoisotopic (exact) mass is 432 g/mol. The number of para-hydroxylation sites is 1. The first-order valence-corrected chi connectivity index (χ1v) is 11.3. The van der Waals surface area contributed by atoms with Crippen molar-refractivity contribution in [1.82, 2.24) is 14.3 Å². The fourth-order valence-electron chi connectivity index (χ4n) is 3.87. The van der Waals surface area contributed by atoms with Crippen LogP contribution in [0.5, 0.6) is 0 Å². The molecule has 29 heavy (non-hydrogen) atoms. The Morgan fingerprint density at radius 1 is 1.21 bits per heavy atom. The van der Waals surface area contributed by atoms with E-state index in [1.807, 2.05) is 44.3 Å². The van der Waals surface area contributed by atoms with Crippen molar-refractivity contribution in [2.24, 2.45) is 7.05 Å². The van der Waals surface area contributed by atoms with Gasteiger partial charge in [0.1, 0.15) is 10.0 Å². The molecule has 1 aliphatic heterocycles. The van der Waals surface area contributed by atoms with Gasteiger partial charge >= 0.3 is 0 Å². The number of nitrogens with zero attached hydrogens (tertiary/aromatic N) is 3. The highest BCUT2D eigenvalue weighted by atomic mass is 32.2. The molecule has 3 rings (SSSR count). The molecule has 2 unspecified atom stereocenters. The van der Waals surface area contributed by atoms with Crippen molar-refractivity contribution in [3.8, 4) is 5.69 Å². The molecule has 1 aromatic heterocycles. The van der Waals surface area contributed by atoms with Gasteiger partial charge in [0.25, 0.3) is 5.56 Å². The SMILES string of the molecule is Cc1c(NC(=O)CSC(=S)N2C(C)CCCC2C)c(=O)n(-c2ccccc2)n1C. The number of aromatic nitrogens is 2. The van der Waals surface area contributed by atoms with Crippen LogP contribution in [0.25, 0.3) is 5.69 Å². The molecule has 1 aromatic carbocycles. The summed E-state index contributed by atoms with van der Waals surface area (Å²) >= 11 is 6.96. The Labute approximate surface area is 181 Å². The van der Waals surface area contributed by atoms with Gasteiger partial charge in [-0.15, -0.1) is 0 Å². The number of hydrogen-bond donors (Lipinski definition) is 1. The Balaban J connectivity index is 1.68. The van der Waals surface area contributed by atoms with Gasteiger partial charge in [-0.1, -0.05) is 42.2 Å².